The summed E-state index contributed by atoms with van der Waals surface area (Å²) in [6.45, 7) is -0.156. The van der Waals surface area contributed by atoms with Gasteiger partial charge in [0.1, 0.15) is 5.82 Å². The number of rotatable bonds is 2. The Morgan fingerprint density at radius 3 is 3.07 bits per heavy atom. The molecule has 1 aliphatic rings. The molecular weight excluding hydrogens is 203 g/mol. The maximum atomic E-state index is 13.1. The monoisotopic (exact) mass is 212 g/mol. The summed E-state index contributed by atoms with van der Waals surface area (Å²) in [6.07, 6.45) is 0. The molecule has 0 unspecified atom stereocenters. The van der Waals surface area contributed by atoms with Crippen LogP contribution in [0.1, 0.15) is 0 Å². The van der Waals surface area contributed by atoms with Crippen molar-refractivity contribution in [3.8, 4) is 11.5 Å². The SMILES string of the molecule is NCC(=O)Nc1cc(F)cc2c1OCO2. The summed E-state index contributed by atoms with van der Waals surface area (Å²) in [4.78, 5) is 11.0. The number of ether oxygens (including phenoxy) is 2. The first-order valence-corrected chi connectivity index (χ1v) is 4.30. The number of hydrogen-bond acceptors (Lipinski definition) is 4. The molecule has 1 heterocycles. The third kappa shape index (κ3) is 1.84. The molecule has 2 rings (SSSR count). The molecule has 1 aromatic rings. The van der Waals surface area contributed by atoms with E-state index < -0.39 is 11.7 Å². The number of hydrogen-bond donors (Lipinski definition) is 2. The van der Waals surface area contributed by atoms with E-state index in [1.807, 2.05) is 0 Å². The molecule has 0 bridgehead atoms. The van der Waals surface area contributed by atoms with E-state index in [0.29, 0.717) is 5.75 Å². The summed E-state index contributed by atoms with van der Waals surface area (Å²) < 4.78 is 23.1. The van der Waals surface area contributed by atoms with Crippen LogP contribution in [0.25, 0.3) is 0 Å². The highest BCUT2D eigenvalue weighted by molar-refractivity contribution is 5.94. The van der Waals surface area contributed by atoms with Crippen molar-refractivity contribution in [2.24, 2.45) is 5.73 Å². The van der Waals surface area contributed by atoms with E-state index in [2.05, 4.69) is 5.32 Å². The Hall–Kier alpha value is -1.82. The Bertz CT molecular complexity index is 409. The number of carbonyl (C=O) groups is 1. The number of amides is 1. The molecule has 15 heavy (non-hydrogen) atoms. The second kappa shape index (κ2) is 3.74. The fourth-order valence-electron chi connectivity index (χ4n) is 1.27. The predicted octanol–water partition coefficient (Wildman–Crippen LogP) is 0.452. The van der Waals surface area contributed by atoms with E-state index in [0.717, 1.165) is 6.07 Å². The van der Waals surface area contributed by atoms with Crippen LogP contribution < -0.4 is 20.5 Å². The van der Waals surface area contributed by atoms with Crippen molar-refractivity contribution in [1.82, 2.24) is 0 Å². The molecule has 3 N–H and O–H groups in total. The number of nitrogens with one attached hydrogen (secondary N) is 1. The van der Waals surface area contributed by atoms with Gasteiger partial charge in [0.05, 0.1) is 12.2 Å². The van der Waals surface area contributed by atoms with Crippen LogP contribution >= 0.6 is 0 Å². The smallest absolute Gasteiger partial charge is 0.238 e. The van der Waals surface area contributed by atoms with Gasteiger partial charge in [-0.3, -0.25) is 4.79 Å². The maximum Gasteiger partial charge on any atom is 0.238 e. The fraction of sp³-hybridized carbons (Fsp3) is 0.222. The number of fused-ring (bicyclic) bond motifs is 1. The van der Waals surface area contributed by atoms with Crippen LogP contribution in [0.5, 0.6) is 11.5 Å². The second-order valence-corrected chi connectivity index (χ2v) is 2.94. The van der Waals surface area contributed by atoms with Crippen molar-refractivity contribution in [2.45, 2.75) is 0 Å². The predicted molar refractivity (Wildman–Crippen MR) is 50.2 cm³/mol. The third-order valence-corrected chi connectivity index (χ3v) is 1.90. The molecule has 1 amide bonds. The van der Waals surface area contributed by atoms with E-state index in [4.69, 9.17) is 15.2 Å². The minimum Gasteiger partial charge on any atom is -0.453 e. The number of benzene rings is 1. The molecule has 0 aliphatic carbocycles. The van der Waals surface area contributed by atoms with E-state index in [1.54, 1.807) is 0 Å². The van der Waals surface area contributed by atoms with E-state index in [1.165, 1.54) is 6.07 Å². The topological polar surface area (TPSA) is 73.6 Å². The highest BCUT2D eigenvalue weighted by atomic mass is 19.1. The summed E-state index contributed by atoms with van der Waals surface area (Å²) in [5.41, 5.74) is 5.36. The molecule has 6 heteroatoms. The van der Waals surface area contributed by atoms with Crippen molar-refractivity contribution in [1.29, 1.82) is 0 Å². The third-order valence-electron chi connectivity index (χ3n) is 1.90. The first-order valence-electron chi connectivity index (χ1n) is 4.30. The average Bonchev–Trinajstić information content (AvgIpc) is 2.65. The van der Waals surface area contributed by atoms with Crippen molar-refractivity contribution in [3.05, 3.63) is 17.9 Å². The molecule has 0 fully saturated rings. The summed E-state index contributed by atoms with van der Waals surface area (Å²) in [6, 6.07) is 2.35. The van der Waals surface area contributed by atoms with Gasteiger partial charge in [0.15, 0.2) is 11.5 Å². The average molecular weight is 212 g/mol. The zero-order chi connectivity index (χ0) is 10.8. The number of anilines is 1. The van der Waals surface area contributed by atoms with Gasteiger partial charge in [-0.25, -0.2) is 4.39 Å². The summed E-state index contributed by atoms with van der Waals surface area (Å²) >= 11 is 0. The lowest BCUT2D eigenvalue weighted by atomic mass is 10.2. The fourth-order valence-corrected chi connectivity index (χ4v) is 1.27. The zero-order valence-corrected chi connectivity index (χ0v) is 7.75. The van der Waals surface area contributed by atoms with Crippen LogP contribution in [0.15, 0.2) is 12.1 Å². The van der Waals surface area contributed by atoms with E-state index in [9.17, 15) is 9.18 Å². The van der Waals surface area contributed by atoms with Crippen LogP contribution in [-0.4, -0.2) is 19.2 Å². The van der Waals surface area contributed by atoms with Crippen LogP contribution in [0, 0.1) is 5.82 Å². The second-order valence-electron chi connectivity index (χ2n) is 2.94. The van der Waals surface area contributed by atoms with Crippen molar-refractivity contribution >= 4 is 11.6 Å². The van der Waals surface area contributed by atoms with Crippen LogP contribution in [0.3, 0.4) is 0 Å². The normalized spacial score (nSPS) is 12.7. The van der Waals surface area contributed by atoms with Gasteiger partial charge in [-0.2, -0.15) is 0 Å². The molecule has 0 saturated carbocycles. The van der Waals surface area contributed by atoms with E-state index in [-0.39, 0.29) is 24.8 Å². The van der Waals surface area contributed by atoms with Gasteiger partial charge < -0.3 is 20.5 Å². The van der Waals surface area contributed by atoms with Gasteiger partial charge in [-0.15, -0.1) is 0 Å². The molecule has 5 nitrogen and oxygen atoms in total. The standard InChI is InChI=1S/C9H9FN2O3/c10-5-1-6(12-8(13)3-11)9-7(2-5)14-4-15-9/h1-2H,3-4,11H2,(H,12,13). The Kier molecular flexibility index (Phi) is 2.42. The zero-order valence-electron chi connectivity index (χ0n) is 7.75. The highest BCUT2D eigenvalue weighted by Crippen LogP contribution is 2.39. The number of halogens is 1. The van der Waals surface area contributed by atoms with Gasteiger partial charge in [0, 0.05) is 12.1 Å². The number of carbonyl (C=O) groups excluding carboxylic acids is 1. The Morgan fingerprint density at radius 2 is 2.33 bits per heavy atom. The summed E-state index contributed by atoms with van der Waals surface area (Å²) in [5.74, 6) is -0.314. The van der Waals surface area contributed by atoms with Crippen LogP contribution in [0.4, 0.5) is 10.1 Å². The molecule has 0 atom stereocenters. The van der Waals surface area contributed by atoms with Gasteiger partial charge in [-0.1, -0.05) is 0 Å². The minimum atomic E-state index is -0.508. The molecule has 80 valence electrons. The van der Waals surface area contributed by atoms with Crippen molar-refractivity contribution < 1.29 is 18.7 Å². The lowest BCUT2D eigenvalue weighted by molar-refractivity contribution is -0.114. The molecule has 0 spiro atoms. The summed E-state index contributed by atoms with van der Waals surface area (Å²) in [5, 5.41) is 2.42. The van der Waals surface area contributed by atoms with Gasteiger partial charge in [-0.05, 0) is 0 Å². The van der Waals surface area contributed by atoms with E-state index >= 15 is 0 Å². The molecule has 1 aliphatic heterocycles. The largest absolute Gasteiger partial charge is 0.453 e. The molecule has 0 radical (unpaired) electrons. The minimum absolute atomic E-state index is 0.0181. The first kappa shape index (κ1) is 9.72. The van der Waals surface area contributed by atoms with Crippen molar-refractivity contribution in [3.63, 3.8) is 0 Å². The van der Waals surface area contributed by atoms with Gasteiger partial charge in [0.25, 0.3) is 0 Å². The molecule has 0 aromatic heterocycles. The Balaban J connectivity index is 2.34. The van der Waals surface area contributed by atoms with Crippen molar-refractivity contribution in [2.75, 3.05) is 18.7 Å². The van der Waals surface area contributed by atoms with Gasteiger partial charge >= 0.3 is 0 Å². The highest BCUT2D eigenvalue weighted by Gasteiger charge is 2.20. The molecular formula is C9H9FN2O3. The Morgan fingerprint density at radius 1 is 1.53 bits per heavy atom. The first-order chi connectivity index (χ1) is 7.20. The Labute approximate surface area is 85.0 Å². The molecule has 1 aromatic carbocycles. The quantitative estimate of drug-likeness (QED) is 0.746. The summed E-state index contributed by atoms with van der Waals surface area (Å²) in [7, 11) is 0. The number of nitrogens with two attached hydrogens (primary N) is 1. The van der Waals surface area contributed by atoms with Gasteiger partial charge in [0.2, 0.25) is 12.7 Å². The lowest BCUT2D eigenvalue weighted by Crippen LogP contribution is -2.22. The van der Waals surface area contributed by atoms with Crippen LogP contribution in [0.2, 0.25) is 0 Å². The maximum absolute atomic E-state index is 13.1. The lowest BCUT2D eigenvalue weighted by Gasteiger charge is -2.06. The molecule has 0 saturated heterocycles. The van der Waals surface area contributed by atoms with Crippen LogP contribution in [-0.2, 0) is 4.79 Å².